The fourth-order valence-electron chi connectivity index (χ4n) is 2.07. The van der Waals surface area contributed by atoms with Gasteiger partial charge in [0, 0.05) is 18.4 Å². The highest BCUT2D eigenvalue weighted by molar-refractivity contribution is 6.34. The molecule has 6 heteroatoms. The van der Waals surface area contributed by atoms with E-state index in [2.05, 4.69) is 16.0 Å². The Morgan fingerprint density at radius 2 is 1.74 bits per heavy atom. The van der Waals surface area contributed by atoms with Crippen LogP contribution in [0.25, 0.3) is 0 Å². The van der Waals surface area contributed by atoms with Gasteiger partial charge in [0.25, 0.3) is 5.91 Å². The molecule has 0 radical (unpaired) electrons. The van der Waals surface area contributed by atoms with Crippen LogP contribution in [-0.4, -0.2) is 19.0 Å². The zero-order valence-electron chi connectivity index (χ0n) is 13.2. The highest BCUT2D eigenvalue weighted by Crippen LogP contribution is 2.21. The van der Waals surface area contributed by atoms with E-state index < -0.39 is 0 Å². The van der Waals surface area contributed by atoms with E-state index in [1.165, 1.54) is 13.1 Å². The van der Waals surface area contributed by atoms with E-state index in [4.69, 9.17) is 11.6 Å². The summed E-state index contributed by atoms with van der Waals surface area (Å²) in [6.07, 6.45) is 0. The quantitative estimate of drug-likeness (QED) is 0.796. The van der Waals surface area contributed by atoms with Gasteiger partial charge in [0.05, 0.1) is 10.6 Å². The van der Waals surface area contributed by atoms with Crippen LogP contribution in [0.2, 0.25) is 5.02 Å². The number of rotatable bonds is 3. The Kier molecular flexibility index (Phi) is 5.24. The molecular formula is C17H18ClN3O2. The molecule has 23 heavy (non-hydrogen) atoms. The number of aryl methyl sites for hydroxylation is 2. The number of amides is 3. The van der Waals surface area contributed by atoms with Crippen molar-refractivity contribution in [2.45, 2.75) is 13.8 Å². The van der Waals surface area contributed by atoms with E-state index in [1.54, 1.807) is 12.1 Å². The van der Waals surface area contributed by atoms with Crippen molar-refractivity contribution in [1.29, 1.82) is 0 Å². The van der Waals surface area contributed by atoms with Gasteiger partial charge in [-0.05, 0) is 49.2 Å². The van der Waals surface area contributed by atoms with Gasteiger partial charge in [0.15, 0.2) is 0 Å². The normalized spacial score (nSPS) is 10.1. The summed E-state index contributed by atoms with van der Waals surface area (Å²) in [5.74, 6) is -0.311. The van der Waals surface area contributed by atoms with Crippen LogP contribution < -0.4 is 16.0 Å². The van der Waals surface area contributed by atoms with E-state index in [0.29, 0.717) is 16.3 Å². The average molecular weight is 332 g/mol. The largest absolute Gasteiger partial charge is 0.355 e. The molecule has 0 saturated carbocycles. The third-order valence-corrected chi connectivity index (χ3v) is 3.67. The van der Waals surface area contributed by atoms with Gasteiger partial charge in [0.1, 0.15) is 0 Å². The molecular weight excluding hydrogens is 314 g/mol. The predicted octanol–water partition coefficient (Wildman–Crippen LogP) is 3.96. The van der Waals surface area contributed by atoms with Crippen LogP contribution in [0.4, 0.5) is 16.2 Å². The van der Waals surface area contributed by atoms with Crippen LogP contribution in [0.1, 0.15) is 21.5 Å². The molecule has 0 aliphatic heterocycles. The van der Waals surface area contributed by atoms with Gasteiger partial charge in [-0.15, -0.1) is 0 Å². The molecule has 0 unspecified atom stereocenters. The Bertz CT molecular complexity index is 759. The summed E-state index contributed by atoms with van der Waals surface area (Å²) in [5.41, 5.74) is 3.55. The van der Waals surface area contributed by atoms with Crippen molar-refractivity contribution < 1.29 is 9.59 Å². The second-order valence-electron chi connectivity index (χ2n) is 5.17. The van der Waals surface area contributed by atoms with Crippen molar-refractivity contribution in [2.24, 2.45) is 0 Å². The predicted molar refractivity (Wildman–Crippen MR) is 93.4 cm³/mol. The fraction of sp³-hybridized carbons (Fsp3) is 0.176. The molecule has 0 saturated heterocycles. The third-order valence-electron chi connectivity index (χ3n) is 3.34. The second-order valence-corrected chi connectivity index (χ2v) is 5.58. The zero-order chi connectivity index (χ0) is 17.0. The summed E-state index contributed by atoms with van der Waals surface area (Å²) in [6, 6.07) is 10.2. The number of halogens is 1. The highest BCUT2D eigenvalue weighted by Gasteiger charge is 2.11. The molecule has 0 aliphatic carbocycles. The van der Waals surface area contributed by atoms with Crippen molar-refractivity contribution in [2.75, 3.05) is 17.7 Å². The van der Waals surface area contributed by atoms with Crippen molar-refractivity contribution in [1.82, 2.24) is 5.32 Å². The standard InChI is InChI=1S/C17H18ClN3O2/c1-10-4-5-11(2)15(8-10)21-17(23)20-12-6-7-14(18)13(9-12)16(22)19-3/h4-9H,1-3H3,(H,19,22)(H2,20,21,23). The van der Waals surface area contributed by atoms with Crippen molar-refractivity contribution in [3.05, 3.63) is 58.1 Å². The maximum Gasteiger partial charge on any atom is 0.323 e. The van der Waals surface area contributed by atoms with E-state index in [9.17, 15) is 9.59 Å². The molecule has 0 heterocycles. The van der Waals surface area contributed by atoms with E-state index >= 15 is 0 Å². The van der Waals surface area contributed by atoms with Gasteiger partial charge in [-0.2, -0.15) is 0 Å². The first-order valence-corrected chi connectivity index (χ1v) is 7.45. The SMILES string of the molecule is CNC(=O)c1cc(NC(=O)Nc2cc(C)ccc2C)ccc1Cl. The maximum atomic E-state index is 12.1. The smallest absolute Gasteiger partial charge is 0.323 e. The summed E-state index contributed by atoms with van der Waals surface area (Å²) in [7, 11) is 1.52. The number of nitrogens with one attached hydrogen (secondary N) is 3. The van der Waals surface area contributed by atoms with Crippen LogP contribution >= 0.6 is 11.6 Å². The number of carbonyl (C=O) groups is 2. The molecule has 0 atom stereocenters. The monoisotopic (exact) mass is 331 g/mol. The lowest BCUT2D eigenvalue weighted by molar-refractivity contribution is 0.0963. The van der Waals surface area contributed by atoms with Gasteiger partial charge in [-0.25, -0.2) is 4.79 Å². The van der Waals surface area contributed by atoms with E-state index in [1.807, 2.05) is 32.0 Å². The van der Waals surface area contributed by atoms with Gasteiger partial charge in [0.2, 0.25) is 0 Å². The zero-order valence-corrected chi connectivity index (χ0v) is 13.9. The minimum Gasteiger partial charge on any atom is -0.355 e. The molecule has 120 valence electrons. The minimum atomic E-state index is -0.385. The molecule has 2 aromatic rings. The molecule has 0 spiro atoms. The molecule has 0 aromatic heterocycles. The first-order valence-electron chi connectivity index (χ1n) is 7.07. The van der Waals surface area contributed by atoms with Crippen LogP contribution in [0.5, 0.6) is 0 Å². The molecule has 0 bridgehead atoms. The molecule has 0 aliphatic rings. The highest BCUT2D eigenvalue weighted by atomic mass is 35.5. The number of anilines is 2. The van der Waals surface area contributed by atoms with Gasteiger partial charge in [-0.1, -0.05) is 23.7 Å². The Morgan fingerprint density at radius 3 is 2.43 bits per heavy atom. The second kappa shape index (κ2) is 7.15. The van der Waals surface area contributed by atoms with Crippen molar-refractivity contribution in [3.63, 3.8) is 0 Å². The van der Waals surface area contributed by atoms with E-state index in [-0.39, 0.29) is 11.9 Å². The maximum absolute atomic E-state index is 12.1. The Morgan fingerprint density at radius 1 is 1.00 bits per heavy atom. The first-order chi connectivity index (χ1) is 10.9. The third kappa shape index (κ3) is 4.23. The summed E-state index contributed by atoms with van der Waals surface area (Å²) < 4.78 is 0. The van der Waals surface area contributed by atoms with Crippen molar-refractivity contribution in [3.8, 4) is 0 Å². The molecule has 0 fully saturated rings. The molecule has 5 nitrogen and oxygen atoms in total. The topological polar surface area (TPSA) is 70.2 Å². The lowest BCUT2D eigenvalue weighted by atomic mass is 10.1. The minimum absolute atomic E-state index is 0.304. The summed E-state index contributed by atoms with van der Waals surface area (Å²) in [5, 5.41) is 8.32. The van der Waals surface area contributed by atoms with E-state index in [0.717, 1.165) is 16.8 Å². The van der Waals surface area contributed by atoms with Gasteiger partial charge >= 0.3 is 6.03 Å². The number of hydrogen-bond acceptors (Lipinski definition) is 2. The number of carbonyl (C=O) groups excluding carboxylic acids is 2. The summed E-state index contributed by atoms with van der Waals surface area (Å²) in [6.45, 7) is 3.87. The Balaban J connectivity index is 2.14. The summed E-state index contributed by atoms with van der Waals surface area (Å²) in [4.78, 5) is 23.8. The van der Waals surface area contributed by atoms with Crippen LogP contribution in [0.3, 0.4) is 0 Å². The molecule has 3 N–H and O–H groups in total. The van der Waals surface area contributed by atoms with Crippen molar-refractivity contribution >= 4 is 34.9 Å². The number of hydrogen-bond donors (Lipinski definition) is 3. The van der Waals surface area contributed by atoms with Crippen LogP contribution in [0.15, 0.2) is 36.4 Å². The summed E-state index contributed by atoms with van der Waals surface area (Å²) >= 11 is 5.99. The number of urea groups is 1. The number of benzene rings is 2. The van der Waals surface area contributed by atoms with Crippen LogP contribution in [-0.2, 0) is 0 Å². The van der Waals surface area contributed by atoms with Gasteiger partial charge in [-0.3, -0.25) is 4.79 Å². The lowest BCUT2D eigenvalue weighted by Crippen LogP contribution is -2.21. The van der Waals surface area contributed by atoms with Crippen LogP contribution in [0, 0.1) is 13.8 Å². The lowest BCUT2D eigenvalue weighted by Gasteiger charge is -2.12. The fourth-order valence-corrected chi connectivity index (χ4v) is 2.27. The first kappa shape index (κ1) is 16.8. The Hall–Kier alpha value is -2.53. The molecule has 2 aromatic carbocycles. The average Bonchev–Trinajstić information content (AvgIpc) is 2.52. The Labute approximate surface area is 140 Å². The molecule has 3 amide bonds. The van der Waals surface area contributed by atoms with Gasteiger partial charge < -0.3 is 16.0 Å². The molecule has 2 rings (SSSR count).